The lowest BCUT2D eigenvalue weighted by atomic mass is 9.77. The second-order valence-corrected chi connectivity index (χ2v) is 9.13. The van der Waals surface area contributed by atoms with Crippen LogP contribution in [-0.2, 0) is 11.2 Å². The van der Waals surface area contributed by atoms with Crippen molar-refractivity contribution in [1.82, 2.24) is 10.3 Å². The molecule has 0 aliphatic carbocycles. The van der Waals surface area contributed by atoms with E-state index in [0.717, 1.165) is 59.5 Å². The largest absolute Gasteiger partial charge is 0.371 e. The molecule has 0 radical (unpaired) electrons. The van der Waals surface area contributed by atoms with Gasteiger partial charge in [0.25, 0.3) is 0 Å². The molecule has 162 valence electrons. The summed E-state index contributed by atoms with van der Waals surface area (Å²) < 4.78 is 13.8. The molecule has 4 nitrogen and oxygen atoms in total. The highest BCUT2D eigenvalue weighted by Gasteiger charge is 2.32. The molecule has 0 spiro atoms. The molecule has 1 N–H and O–H groups in total. The number of rotatable bonds is 6. The van der Waals surface area contributed by atoms with Crippen molar-refractivity contribution >= 4 is 34.1 Å². The molecule has 0 bridgehead atoms. The van der Waals surface area contributed by atoms with Crippen LogP contribution in [0, 0.1) is 11.2 Å². The minimum absolute atomic E-state index is 0.0328. The van der Waals surface area contributed by atoms with Gasteiger partial charge < -0.3 is 10.2 Å². The summed E-state index contributed by atoms with van der Waals surface area (Å²) in [5.74, 6) is -0.153. The monoisotopic (exact) mass is 439 g/mol. The zero-order chi connectivity index (χ0) is 21.8. The molecule has 1 aliphatic rings. The first-order valence-electron chi connectivity index (χ1n) is 10.7. The number of aromatic nitrogens is 1. The average molecular weight is 440 g/mol. The van der Waals surface area contributed by atoms with E-state index in [4.69, 9.17) is 11.6 Å². The highest BCUT2D eigenvalue weighted by atomic mass is 35.5. The van der Waals surface area contributed by atoms with Crippen molar-refractivity contribution in [2.45, 2.75) is 32.6 Å². The maximum atomic E-state index is 13.8. The van der Waals surface area contributed by atoms with Crippen LogP contribution in [0.3, 0.4) is 0 Å². The topological polar surface area (TPSA) is 45.2 Å². The van der Waals surface area contributed by atoms with E-state index in [1.165, 1.54) is 6.07 Å². The standard InChI is InChI=1S/C25H27ClFN3O/c1-25(17-24(31)29-12-8-18-2-4-19(26)5-3-18)10-14-30(15-11-25)23-9-13-28-22-7-6-20(27)16-21(22)23/h2-7,9,13,16H,8,10-12,14-15,17H2,1H3,(H,29,31). The van der Waals surface area contributed by atoms with Gasteiger partial charge in [0.2, 0.25) is 5.91 Å². The second kappa shape index (κ2) is 9.23. The van der Waals surface area contributed by atoms with Gasteiger partial charge in [0.05, 0.1) is 5.52 Å². The third-order valence-electron chi connectivity index (χ3n) is 6.23. The highest BCUT2D eigenvalue weighted by molar-refractivity contribution is 6.30. The SMILES string of the molecule is CC1(CC(=O)NCCc2ccc(Cl)cc2)CCN(c2ccnc3ccc(F)cc23)CC1. The number of benzene rings is 2. The summed E-state index contributed by atoms with van der Waals surface area (Å²) in [5, 5.41) is 4.61. The van der Waals surface area contributed by atoms with Crippen LogP contribution in [0.5, 0.6) is 0 Å². The molecule has 0 atom stereocenters. The summed E-state index contributed by atoms with van der Waals surface area (Å²) in [5.41, 5.74) is 2.94. The number of fused-ring (bicyclic) bond motifs is 1. The Morgan fingerprint density at radius 2 is 1.90 bits per heavy atom. The predicted octanol–water partition coefficient (Wildman–Crippen LogP) is 5.38. The number of anilines is 1. The maximum Gasteiger partial charge on any atom is 0.220 e. The van der Waals surface area contributed by atoms with Crippen LogP contribution < -0.4 is 10.2 Å². The Bertz CT molecular complexity index is 1060. The smallest absolute Gasteiger partial charge is 0.220 e. The van der Waals surface area contributed by atoms with E-state index in [0.29, 0.717) is 13.0 Å². The van der Waals surface area contributed by atoms with Gasteiger partial charge in [0, 0.05) is 48.3 Å². The predicted molar refractivity (Wildman–Crippen MR) is 124 cm³/mol. The van der Waals surface area contributed by atoms with E-state index in [1.807, 2.05) is 30.3 Å². The molecule has 6 heteroatoms. The zero-order valence-electron chi connectivity index (χ0n) is 17.7. The number of hydrogen-bond acceptors (Lipinski definition) is 3. The Morgan fingerprint density at radius 3 is 2.65 bits per heavy atom. The van der Waals surface area contributed by atoms with E-state index in [9.17, 15) is 9.18 Å². The van der Waals surface area contributed by atoms with Gasteiger partial charge in [0.15, 0.2) is 0 Å². The third kappa shape index (κ3) is 5.34. The molecule has 0 saturated carbocycles. The molecule has 2 heterocycles. The van der Waals surface area contributed by atoms with Gasteiger partial charge in [-0.1, -0.05) is 30.7 Å². The summed E-state index contributed by atoms with van der Waals surface area (Å²) in [6.45, 7) is 4.49. The molecule has 1 aliphatic heterocycles. The van der Waals surface area contributed by atoms with Crippen LogP contribution in [0.1, 0.15) is 31.7 Å². The van der Waals surface area contributed by atoms with Crippen molar-refractivity contribution < 1.29 is 9.18 Å². The van der Waals surface area contributed by atoms with Crippen LogP contribution in [-0.4, -0.2) is 30.5 Å². The number of nitrogens with zero attached hydrogens (tertiary/aromatic N) is 2. The van der Waals surface area contributed by atoms with Crippen molar-refractivity contribution in [3.8, 4) is 0 Å². The normalized spacial score (nSPS) is 15.8. The number of pyridine rings is 1. The molecule has 1 fully saturated rings. The lowest BCUT2D eigenvalue weighted by Gasteiger charge is -2.40. The number of hydrogen-bond donors (Lipinski definition) is 1. The van der Waals surface area contributed by atoms with Gasteiger partial charge in [0.1, 0.15) is 5.82 Å². The first kappa shape index (κ1) is 21.6. The molecule has 3 aromatic rings. The quantitative estimate of drug-likeness (QED) is 0.560. The number of piperidine rings is 1. The van der Waals surface area contributed by atoms with Crippen LogP contribution in [0.15, 0.2) is 54.7 Å². The molecular formula is C25H27ClFN3O. The van der Waals surface area contributed by atoms with Crippen LogP contribution in [0.4, 0.5) is 10.1 Å². The van der Waals surface area contributed by atoms with Crippen molar-refractivity contribution in [1.29, 1.82) is 0 Å². The Kier molecular flexibility index (Phi) is 6.42. The minimum Gasteiger partial charge on any atom is -0.371 e. The lowest BCUT2D eigenvalue weighted by molar-refractivity contribution is -0.123. The molecule has 1 aromatic heterocycles. The first-order chi connectivity index (χ1) is 14.9. The van der Waals surface area contributed by atoms with E-state index < -0.39 is 0 Å². The van der Waals surface area contributed by atoms with E-state index in [-0.39, 0.29) is 17.1 Å². The van der Waals surface area contributed by atoms with Crippen molar-refractivity contribution in [3.63, 3.8) is 0 Å². The van der Waals surface area contributed by atoms with E-state index >= 15 is 0 Å². The molecule has 31 heavy (non-hydrogen) atoms. The van der Waals surface area contributed by atoms with Crippen molar-refractivity contribution in [3.05, 3.63) is 71.1 Å². The van der Waals surface area contributed by atoms with Gasteiger partial charge in [-0.05, 0) is 66.6 Å². The van der Waals surface area contributed by atoms with Crippen molar-refractivity contribution in [2.24, 2.45) is 5.41 Å². The van der Waals surface area contributed by atoms with Gasteiger partial charge >= 0.3 is 0 Å². The summed E-state index contributed by atoms with van der Waals surface area (Å²) in [4.78, 5) is 19.2. The average Bonchev–Trinajstić information content (AvgIpc) is 2.75. The third-order valence-corrected chi connectivity index (χ3v) is 6.48. The summed E-state index contributed by atoms with van der Waals surface area (Å²) in [7, 11) is 0. The summed E-state index contributed by atoms with van der Waals surface area (Å²) in [6.07, 6.45) is 4.91. The Morgan fingerprint density at radius 1 is 1.16 bits per heavy atom. The van der Waals surface area contributed by atoms with Crippen LogP contribution >= 0.6 is 11.6 Å². The van der Waals surface area contributed by atoms with Gasteiger partial charge in [-0.25, -0.2) is 4.39 Å². The Labute approximate surface area is 187 Å². The first-order valence-corrected chi connectivity index (χ1v) is 11.1. The fraction of sp³-hybridized carbons (Fsp3) is 0.360. The van der Waals surface area contributed by atoms with E-state index in [1.54, 1.807) is 18.3 Å². The number of carbonyl (C=O) groups excluding carboxylic acids is 1. The number of carbonyl (C=O) groups is 1. The minimum atomic E-state index is -0.251. The Hall–Kier alpha value is -2.66. The van der Waals surface area contributed by atoms with Crippen LogP contribution in [0.2, 0.25) is 5.02 Å². The maximum absolute atomic E-state index is 13.8. The summed E-state index contributed by atoms with van der Waals surface area (Å²) in [6, 6.07) is 14.4. The fourth-order valence-corrected chi connectivity index (χ4v) is 4.42. The molecule has 2 aromatic carbocycles. The zero-order valence-corrected chi connectivity index (χ0v) is 18.5. The number of amides is 1. The molecule has 1 saturated heterocycles. The Balaban J connectivity index is 1.31. The molecule has 1 amide bonds. The molecule has 4 rings (SSSR count). The van der Waals surface area contributed by atoms with Gasteiger partial charge in [-0.15, -0.1) is 0 Å². The lowest BCUT2D eigenvalue weighted by Crippen LogP contribution is -2.41. The second-order valence-electron chi connectivity index (χ2n) is 8.69. The van der Waals surface area contributed by atoms with Crippen molar-refractivity contribution in [2.75, 3.05) is 24.5 Å². The van der Waals surface area contributed by atoms with Gasteiger partial charge in [-0.3, -0.25) is 9.78 Å². The molecular weight excluding hydrogens is 413 g/mol. The summed E-state index contributed by atoms with van der Waals surface area (Å²) >= 11 is 5.91. The van der Waals surface area contributed by atoms with Crippen LogP contribution in [0.25, 0.3) is 10.9 Å². The van der Waals surface area contributed by atoms with E-state index in [2.05, 4.69) is 22.1 Å². The fourth-order valence-electron chi connectivity index (χ4n) is 4.29. The van der Waals surface area contributed by atoms with Gasteiger partial charge in [-0.2, -0.15) is 0 Å². The number of halogens is 2. The molecule has 0 unspecified atom stereocenters. The highest BCUT2D eigenvalue weighted by Crippen LogP contribution is 2.37. The number of nitrogens with one attached hydrogen (secondary N) is 1.